The Morgan fingerprint density at radius 3 is 2.76 bits per heavy atom. The second kappa shape index (κ2) is 8.84. The van der Waals surface area contributed by atoms with Gasteiger partial charge in [-0.3, -0.25) is 4.79 Å². The van der Waals surface area contributed by atoms with Crippen molar-refractivity contribution in [3.05, 3.63) is 35.9 Å². The maximum atomic E-state index is 13.7. The van der Waals surface area contributed by atoms with Crippen LogP contribution in [0.4, 0.5) is 4.39 Å². The van der Waals surface area contributed by atoms with E-state index in [1.165, 1.54) is 17.8 Å². The molecular weight excluding hydrogens is 343 g/mol. The number of para-hydroxylation sites is 1. The standard InChI is InChI=1S/C17H23FN4O2S/c1-5-11(2)19-15(23)10-25-17-21-20-16(22(17)4)12(3)24-14-9-7-6-8-13(14)18/h6-9,11-12H,5,10H2,1-4H3,(H,19,23). The van der Waals surface area contributed by atoms with Crippen LogP contribution in [0, 0.1) is 5.82 Å². The van der Waals surface area contributed by atoms with Crippen LogP contribution in [0.3, 0.4) is 0 Å². The molecule has 0 aliphatic carbocycles. The second-order valence-corrected chi connectivity index (χ2v) is 6.70. The number of hydrogen-bond acceptors (Lipinski definition) is 5. The number of benzene rings is 1. The molecule has 0 bridgehead atoms. The van der Waals surface area contributed by atoms with Crippen molar-refractivity contribution in [3.8, 4) is 5.75 Å². The molecule has 1 amide bonds. The minimum atomic E-state index is -0.474. The summed E-state index contributed by atoms with van der Waals surface area (Å²) in [4.78, 5) is 11.9. The zero-order valence-electron chi connectivity index (χ0n) is 14.8. The average Bonchev–Trinajstić information content (AvgIpc) is 2.95. The summed E-state index contributed by atoms with van der Waals surface area (Å²) in [6, 6.07) is 6.37. The Labute approximate surface area is 151 Å². The van der Waals surface area contributed by atoms with Crippen LogP contribution in [0.25, 0.3) is 0 Å². The molecule has 8 heteroatoms. The molecule has 0 saturated heterocycles. The van der Waals surface area contributed by atoms with Gasteiger partial charge in [-0.25, -0.2) is 4.39 Å². The molecule has 0 radical (unpaired) electrons. The first-order valence-electron chi connectivity index (χ1n) is 8.15. The van der Waals surface area contributed by atoms with Crippen LogP contribution >= 0.6 is 11.8 Å². The summed E-state index contributed by atoms with van der Waals surface area (Å²) in [5, 5.41) is 11.7. The lowest BCUT2D eigenvalue weighted by molar-refractivity contribution is -0.119. The molecule has 2 rings (SSSR count). The fourth-order valence-corrected chi connectivity index (χ4v) is 2.87. The number of halogens is 1. The molecule has 136 valence electrons. The Kier molecular flexibility index (Phi) is 6.81. The van der Waals surface area contributed by atoms with Crippen LogP contribution in [0.15, 0.2) is 29.4 Å². The van der Waals surface area contributed by atoms with Crippen molar-refractivity contribution >= 4 is 17.7 Å². The van der Waals surface area contributed by atoms with Crippen LogP contribution < -0.4 is 10.1 Å². The Hall–Kier alpha value is -2.09. The number of thioether (sulfide) groups is 1. The molecular formula is C17H23FN4O2S. The number of amides is 1. The summed E-state index contributed by atoms with van der Waals surface area (Å²) in [7, 11) is 1.80. The highest BCUT2D eigenvalue weighted by Gasteiger charge is 2.19. The zero-order chi connectivity index (χ0) is 18.4. The molecule has 2 unspecified atom stereocenters. The van der Waals surface area contributed by atoms with Crippen LogP contribution in [0.5, 0.6) is 5.75 Å². The van der Waals surface area contributed by atoms with Gasteiger partial charge in [0.1, 0.15) is 0 Å². The third-order valence-corrected chi connectivity index (χ3v) is 4.74. The highest BCUT2D eigenvalue weighted by atomic mass is 32.2. The predicted octanol–water partition coefficient (Wildman–Crippen LogP) is 3.10. The lowest BCUT2D eigenvalue weighted by Gasteiger charge is -2.14. The van der Waals surface area contributed by atoms with Gasteiger partial charge in [0.15, 0.2) is 28.7 Å². The Balaban J connectivity index is 1.98. The first kappa shape index (κ1) is 19.2. The van der Waals surface area contributed by atoms with E-state index in [-0.39, 0.29) is 23.5 Å². The first-order valence-corrected chi connectivity index (χ1v) is 9.13. The number of carbonyl (C=O) groups is 1. The van der Waals surface area contributed by atoms with Gasteiger partial charge in [-0.1, -0.05) is 30.8 Å². The summed E-state index contributed by atoms with van der Waals surface area (Å²) < 4.78 is 21.1. The van der Waals surface area contributed by atoms with Gasteiger partial charge < -0.3 is 14.6 Å². The maximum absolute atomic E-state index is 13.7. The Bertz CT molecular complexity index is 722. The number of carbonyl (C=O) groups excluding carboxylic acids is 1. The van der Waals surface area contributed by atoms with Crippen LogP contribution in [-0.2, 0) is 11.8 Å². The van der Waals surface area contributed by atoms with Crippen molar-refractivity contribution in [3.63, 3.8) is 0 Å². The topological polar surface area (TPSA) is 69.0 Å². The molecule has 0 aliphatic heterocycles. The monoisotopic (exact) mass is 366 g/mol. The zero-order valence-corrected chi connectivity index (χ0v) is 15.6. The summed E-state index contributed by atoms with van der Waals surface area (Å²) in [5.41, 5.74) is 0. The van der Waals surface area contributed by atoms with E-state index in [0.29, 0.717) is 11.0 Å². The first-order chi connectivity index (χ1) is 11.9. The SMILES string of the molecule is CCC(C)NC(=O)CSc1nnc(C(C)Oc2ccccc2F)n1C. The number of ether oxygens (including phenoxy) is 1. The van der Waals surface area contributed by atoms with E-state index in [9.17, 15) is 9.18 Å². The summed E-state index contributed by atoms with van der Waals surface area (Å²) in [5.74, 6) is 0.527. The van der Waals surface area contributed by atoms with Crippen LogP contribution in [0.2, 0.25) is 0 Å². The van der Waals surface area contributed by atoms with Gasteiger partial charge >= 0.3 is 0 Å². The van der Waals surface area contributed by atoms with E-state index in [0.717, 1.165) is 6.42 Å². The fraction of sp³-hybridized carbons (Fsp3) is 0.471. The number of rotatable bonds is 8. The third kappa shape index (κ3) is 5.19. The van der Waals surface area contributed by atoms with E-state index in [1.807, 2.05) is 13.8 Å². The summed E-state index contributed by atoms with van der Waals surface area (Å²) in [6.45, 7) is 5.76. The number of nitrogens with zero attached hydrogens (tertiary/aromatic N) is 3. The van der Waals surface area contributed by atoms with Crippen molar-refractivity contribution in [2.45, 2.75) is 44.5 Å². The maximum Gasteiger partial charge on any atom is 0.230 e. The number of hydrogen-bond donors (Lipinski definition) is 1. The molecule has 2 atom stereocenters. The van der Waals surface area contributed by atoms with E-state index in [1.54, 1.807) is 36.7 Å². The van der Waals surface area contributed by atoms with Crippen molar-refractivity contribution < 1.29 is 13.9 Å². The van der Waals surface area contributed by atoms with Crippen LogP contribution in [0.1, 0.15) is 39.1 Å². The molecule has 0 aliphatic rings. The third-order valence-electron chi connectivity index (χ3n) is 3.72. The molecule has 0 fully saturated rings. The Morgan fingerprint density at radius 1 is 1.36 bits per heavy atom. The van der Waals surface area contributed by atoms with E-state index >= 15 is 0 Å². The minimum Gasteiger partial charge on any atom is -0.480 e. The normalized spacial score (nSPS) is 13.3. The van der Waals surface area contributed by atoms with Crippen LogP contribution in [-0.4, -0.2) is 32.5 Å². The number of nitrogens with one attached hydrogen (secondary N) is 1. The highest BCUT2D eigenvalue weighted by molar-refractivity contribution is 7.99. The van der Waals surface area contributed by atoms with Gasteiger partial charge in [-0.05, 0) is 32.4 Å². The molecule has 1 aromatic carbocycles. The molecule has 0 spiro atoms. The van der Waals surface area contributed by atoms with Gasteiger partial charge in [-0.2, -0.15) is 0 Å². The predicted molar refractivity (Wildman–Crippen MR) is 95.1 cm³/mol. The molecule has 1 aromatic heterocycles. The molecule has 1 heterocycles. The quantitative estimate of drug-likeness (QED) is 0.727. The molecule has 1 N–H and O–H groups in total. The van der Waals surface area contributed by atoms with Gasteiger partial charge in [0.25, 0.3) is 0 Å². The molecule has 6 nitrogen and oxygen atoms in total. The lowest BCUT2D eigenvalue weighted by Crippen LogP contribution is -2.33. The van der Waals surface area contributed by atoms with E-state index in [2.05, 4.69) is 15.5 Å². The molecule has 0 saturated carbocycles. The minimum absolute atomic E-state index is 0.0421. The highest BCUT2D eigenvalue weighted by Crippen LogP contribution is 2.25. The smallest absolute Gasteiger partial charge is 0.230 e. The molecule has 2 aromatic rings. The van der Waals surface area contributed by atoms with E-state index < -0.39 is 11.9 Å². The summed E-state index contributed by atoms with van der Waals surface area (Å²) in [6.07, 6.45) is 0.410. The van der Waals surface area contributed by atoms with Crippen molar-refractivity contribution in [1.29, 1.82) is 0 Å². The second-order valence-electron chi connectivity index (χ2n) is 5.76. The van der Waals surface area contributed by atoms with Gasteiger partial charge in [-0.15, -0.1) is 10.2 Å². The van der Waals surface area contributed by atoms with Gasteiger partial charge in [0.05, 0.1) is 5.75 Å². The largest absolute Gasteiger partial charge is 0.480 e. The number of aromatic nitrogens is 3. The van der Waals surface area contributed by atoms with Gasteiger partial charge in [0.2, 0.25) is 5.91 Å². The fourth-order valence-electron chi connectivity index (χ4n) is 2.14. The Morgan fingerprint density at radius 2 is 2.08 bits per heavy atom. The van der Waals surface area contributed by atoms with E-state index in [4.69, 9.17) is 4.74 Å². The summed E-state index contributed by atoms with van der Waals surface area (Å²) >= 11 is 1.30. The average molecular weight is 366 g/mol. The van der Waals surface area contributed by atoms with Gasteiger partial charge in [0, 0.05) is 13.1 Å². The van der Waals surface area contributed by atoms with Crippen molar-refractivity contribution in [2.75, 3.05) is 5.75 Å². The molecule has 25 heavy (non-hydrogen) atoms. The van der Waals surface area contributed by atoms with Crippen molar-refractivity contribution in [2.24, 2.45) is 7.05 Å². The lowest BCUT2D eigenvalue weighted by atomic mass is 10.3. The van der Waals surface area contributed by atoms with Crippen molar-refractivity contribution in [1.82, 2.24) is 20.1 Å².